The lowest BCUT2D eigenvalue weighted by Crippen LogP contribution is -1.99. The maximum absolute atomic E-state index is 6.27. The molecule has 84 valence electrons. The second-order valence-corrected chi connectivity index (χ2v) is 4.89. The minimum absolute atomic E-state index is 0.181. The van der Waals surface area contributed by atoms with E-state index in [1.807, 2.05) is 31.2 Å². The topological polar surface area (TPSA) is 26.0 Å². The summed E-state index contributed by atoms with van der Waals surface area (Å²) in [5, 5.41) is -0.181. The van der Waals surface area contributed by atoms with Crippen molar-refractivity contribution in [3.05, 3.63) is 52.1 Å². The molecule has 0 saturated carbocycles. The highest BCUT2D eigenvalue weighted by atomic mass is 79.9. The molecule has 1 atom stereocenters. The van der Waals surface area contributed by atoms with Crippen LogP contribution in [-0.2, 0) is 6.42 Å². The van der Waals surface area contributed by atoms with E-state index in [1.165, 1.54) is 0 Å². The van der Waals surface area contributed by atoms with Crippen LogP contribution in [0, 0.1) is 6.92 Å². The van der Waals surface area contributed by atoms with E-state index in [0.717, 1.165) is 17.0 Å². The molecular weight excluding hydrogens is 289 g/mol. The van der Waals surface area contributed by atoms with Gasteiger partial charge in [-0.05, 0) is 46.6 Å². The Hall–Kier alpha value is -0.800. The standard InChI is InChI=1S/C12H11BrClNO/c1-8-3-2-6-15-10(8)7-9(14)11-4-5-12(13)16-11/h2-6,9H,7H2,1H3. The average Bonchev–Trinajstić information content (AvgIpc) is 2.68. The molecule has 0 N–H and O–H groups in total. The molecule has 0 fully saturated rings. The van der Waals surface area contributed by atoms with Gasteiger partial charge in [-0.1, -0.05) is 6.07 Å². The molecule has 0 aliphatic heterocycles. The molecule has 2 aromatic rings. The monoisotopic (exact) mass is 299 g/mol. The summed E-state index contributed by atoms with van der Waals surface area (Å²) < 4.78 is 6.11. The van der Waals surface area contributed by atoms with Gasteiger partial charge in [-0.15, -0.1) is 11.6 Å². The number of furan rings is 1. The molecule has 0 aliphatic carbocycles. The van der Waals surface area contributed by atoms with E-state index in [4.69, 9.17) is 16.0 Å². The van der Waals surface area contributed by atoms with Gasteiger partial charge in [0.1, 0.15) is 5.76 Å². The van der Waals surface area contributed by atoms with Crippen molar-refractivity contribution in [2.45, 2.75) is 18.7 Å². The molecule has 2 nitrogen and oxygen atoms in total. The highest BCUT2D eigenvalue weighted by Gasteiger charge is 2.14. The molecule has 0 aromatic carbocycles. The van der Waals surface area contributed by atoms with Crippen molar-refractivity contribution in [3.8, 4) is 0 Å². The SMILES string of the molecule is Cc1cccnc1CC(Cl)c1ccc(Br)o1. The Morgan fingerprint density at radius 3 is 2.88 bits per heavy atom. The molecule has 0 bridgehead atoms. The molecular formula is C12H11BrClNO. The number of hydrogen-bond acceptors (Lipinski definition) is 2. The van der Waals surface area contributed by atoms with E-state index in [1.54, 1.807) is 6.20 Å². The predicted octanol–water partition coefficient (Wildman–Crippen LogP) is 4.27. The first-order valence-corrected chi connectivity index (χ1v) is 6.19. The average molecular weight is 301 g/mol. The molecule has 0 saturated heterocycles. The number of halogens is 2. The molecule has 4 heteroatoms. The Labute approximate surface area is 108 Å². The number of nitrogens with zero attached hydrogens (tertiary/aromatic N) is 1. The maximum atomic E-state index is 6.27. The van der Waals surface area contributed by atoms with E-state index in [0.29, 0.717) is 11.1 Å². The smallest absolute Gasteiger partial charge is 0.169 e. The fourth-order valence-corrected chi connectivity index (χ4v) is 2.08. The van der Waals surface area contributed by atoms with Gasteiger partial charge < -0.3 is 4.42 Å². The molecule has 2 heterocycles. The molecule has 0 radical (unpaired) electrons. The highest BCUT2D eigenvalue weighted by molar-refractivity contribution is 9.10. The molecule has 2 aromatic heterocycles. The summed E-state index contributed by atoms with van der Waals surface area (Å²) in [6.45, 7) is 2.03. The molecule has 0 amide bonds. The van der Waals surface area contributed by atoms with E-state index in [-0.39, 0.29) is 5.38 Å². The molecule has 1 unspecified atom stereocenters. The Bertz CT molecular complexity index is 483. The fourth-order valence-electron chi connectivity index (χ4n) is 1.50. The predicted molar refractivity (Wildman–Crippen MR) is 67.7 cm³/mol. The second kappa shape index (κ2) is 5.02. The van der Waals surface area contributed by atoms with Gasteiger partial charge in [0.25, 0.3) is 0 Å². The Balaban J connectivity index is 2.13. The minimum Gasteiger partial charge on any atom is -0.453 e. The van der Waals surface area contributed by atoms with Gasteiger partial charge in [-0.2, -0.15) is 0 Å². The van der Waals surface area contributed by atoms with Crippen LogP contribution < -0.4 is 0 Å². The van der Waals surface area contributed by atoms with Gasteiger partial charge in [-0.3, -0.25) is 4.98 Å². The summed E-state index contributed by atoms with van der Waals surface area (Å²) >= 11 is 9.53. The molecule has 2 rings (SSSR count). The second-order valence-electron chi connectivity index (χ2n) is 3.58. The first-order chi connectivity index (χ1) is 7.66. The third-order valence-corrected chi connectivity index (χ3v) is 3.19. The van der Waals surface area contributed by atoms with Crippen molar-refractivity contribution < 1.29 is 4.42 Å². The van der Waals surface area contributed by atoms with Crippen LogP contribution in [0.25, 0.3) is 0 Å². The van der Waals surface area contributed by atoms with Crippen LogP contribution in [0.5, 0.6) is 0 Å². The van der Waals surface area contributed by atoms with Crippen molar-refractivity contribution in [1.29, 1.82) is 0 Å². The van der Waals surface area contributed by atoms with Gasteiger partial charge in [0.15, 0.2) is 4.67 Å². The summed E-state index contributed by atoms with van der Waals surface area (Å²) in [6, 6.07) is 7.67. The van der Waals surface area contributed by atoms with Crippen LogP contribution in [-0.4, -0.2) is 4.98 Å². The van der Waals surface area contributed by atoms with Crippen LogP contribution >= 0.6 is 27.5 Å². The first-order valence-electron chi connectivity index (χ1n) is 4.96. The van der Waals surface area contributed by atoms with Crippen molar-refractivity contribution >= 4 is 27.5 Å². The molecule has 0 aliphatic rings. The van der Waals surface area contributed by atoms with Gasteiger partial charge >= 0.3 is 0 Å². The number of aromatic nitrogens is 1. The zero-order valence-electron chi connectivity index (χ0n) is 8.78. The van der Waals surface area contributed by atoms with Crippen molar-refractivity contribution in [2.75, 3.05) is 0 Å². The van der Waals surface area contributed by atoms with Gasteiger partial charge in [0.2, 0.25) is 0 Å². The Morgan fingerprint density at radius 2 is 2.25 bits per heavy atom. The number of hydrogen-bond donors (Lipinski definition) is 0. The number of pyridine rings is 1. The van der Waals surface area contributed by atoms with E-state index in [2.05, 4.69) is 20.9 Å². The van der Waals surface area contributed by atoms with Crippen LogP contribution in [0.15, 0.2) is 39.5 Å². The third-order valence-electron chi connectivity index (χ3n) is 2.39. The van der Waals surface area contributed by atoms with Crippen LogP contribution in [0.3, 0.4) is 0 Å². The summed E-state index contributed by atoms with van der Waals surface area (Å²) in [7, 11) is 0. The van der Waals surface area contributed by atoms with Crippen molar-refractivity contribution in [2.24, 2.45) is 0 Å². The number of alkyl halides is 1. The Kier molecular flexibility index (Phi) is 3.66. The van der Waals surface area contributed by atoms with Crippen LogP contribution in [0.4, 0.5) is 0 Å². The lowest BCUT2D eigenvalue weighted by Gasteiger charge is -2.07. The van der Waals surface area contributed by atoms with Crippen molar-refractivity contribution in [3.63, 3.8) is 0 Å². The summed E-state index contributed by atoms with van der Waals surface area (Å²) in [5.41, 5.74) is 2.16. The number of rotatable bonds is 3. The highest BCUT2D eigenvalue weighted by Crippen LogP contribution is 2.28. The number of aryl methyl sites for hydroxylation is 1. The third kappa shape index (κ3) is 2.66. The van der Waals surface area contributed by atoms with E-state index < -0.39 is 0 Å². The van der Waals surface area contributed by atoms with E-state index in [9.17, 15) is 0 Å². The summed E-state index contributed by atoms with van der Waals surface area (Å²) in [6.07, 6.45) is 2.46. The van der Waals surface area contributed by atoms with Gasteiger partial charge in [0.05, 0.1) is 5.38 Å². The Morgan fingerprint density at radius 1 is 1.44 bits per heavy atom. The molecule has 0 spiro atoms. The first kappa shape index (κ1) is 11.7. The van der Waals surface area contributed by atoms with Crippen LogP contribution in [0.1, 0.15) is 22.4 Å². The van der Waals surface area contributed by atoms with Crippen molar-refractivity contribution in [1.82, 2.24) is 4.98 Å². The summed E-state index contributed by atoms with van der Waals surface area (Å²) in [5.74, 6) is 0.763. The van der Waals surface area contributed by atoms with Gasteiger partial charge in [0, 0.05) is 18.3 Å². The minimum atomic E-state index is -0.181. The largest absolute Gasteiger partial charge is 0.453 e. The zero-order valence-corrected chi connectivity index (χ0v) is 11.1. The zero-order chi connectivity index (χ0) is 11.5. The fraction of sp³-hybridized carbons (Fsp3) is 0.250. The maximum Gasteiger partial charge on any atom is 0.169 e. The lowest BCUT2D eigenvalue weighted by atomic mass is 10.1. The van der Waals surface area contributed by atoms with E-state index >= 15 is 0 Å². The quantitative estimate of drug-likeness (QED) is 0.791. The summed E-state index contributed by atoms with van der Waals surface area (Å²) in [4.78, 5) is 4.31. The van der Waals surface area contributed by atoms with Gasteiger partial charge in [-0.25, -0.2) is 0 Å². The normalized spacial score (nSPS) is 12.7. The lowest BCUT2D eigenvalue weighted by molar-refractivity contribution is 0.480. The van der Waals surface area contributed by atoms with Crippen LogP contribution in [0.2, 0.25) is 0 Å². The molecule has 16 heavy (non-hydrogen) atoms.